The highest BCUT2D eigenvalue weighted by Gasteiger charge is 2.45. The zero-order chi connectivity index (χ0) is 21.1. The van der Waals surface area contributed by atoms with Crippen LogP contribution in [0.5, 0.6) is 0 Å². The predicted octanol–water partition coefficient (Wildman–Crippen LogP) is 1.96. The molecule has 0 unspecified atom stereocenters. The molecule has 2 aliphatic heterocycles. The first kappa shape index (κ1) is 20.5. The normalized spacial score (nSPS) is 21.7. The van der Waals surface area contributed by atoms with Gasteiger partial charge in [-0.05, 0) is 36.3 Å². The first-order valence-corrected chi connectivity index (χ1v) is 11.8. The van der Waals surface area contributed by atoms with Crippen LogP contribution in [0.3, 0.4) is 0 Å². The molecule has 0 aliphatic carbocycles. The van der Waals surface area contributed by atoms with E-state index in [0.717, 1.165) is 29.9 Å². The molecule has 2 saturated heterocycles. The number of aryl methyl sites for hydroxylation is 1. The summed E-state index contributed by atoms with van der Waals surface area (Å²) in [7, 11) is 1.53. The molecule has 1 aromatic heterocycles. The Labute approximate surface area is 178 Å². The highest BCUT2D eigenvalue weighted by molar-refractivity contribution is 8.17. The maximum absolute atomic E-state index is 13.5. The summed E-state index contributed by atoms with van der Waals surface area (Å²) >= 11 is 0. The van der Waals surface area contributed by atoms with E-state index in [9.17, 15) is 14.9 Å². The van der Waals surface area contributed by atoms with Crippen LogP contribution in [-0.4, -0.2) is 54.3 Å². The first-order chi connectivity index (χ1) is 14.6. The van der Waals surface area contributed by atoms with Gasteiger partial charge in [-0.15, -0.1) is 0 Å². The number of nitrogens with zero attached hydrogens (tertiary/aromatic N) is 5. The van der Waals surface area contributed by atoms with Crippen molar-refractivity contribution in [3.05, 3.63) is 48.0 Å². The van der Waals surface area contributed by atoms with Gasteiger partial charge in [0.15, 0.2) is 5.78 Å². The number of nitriles is 1. The van der Waals surface area contributed by atoms with Gasteiger partial charge in [0.05, 0.1) is 18.4 Å². The molecule has 0 saturated carbocycles. The van der Waals surface area contributed by atoms with Crippen LogP contribution in [0.4, 0.5) is 0 Å². The Balaban J connectivity index is 1.63. The van der Waals surface area contributed by atoms with Crippen molar-refractivity contribution in [1.29, 1.82) is 5.26 Å². The monoisotopic (exact) mass is 423 g/mol. The molecule has 0 spiro atoms. The summed E-state index contributed by atoms with van der Waals surface area (Å²) in [5.41, 5.74) is 1.02. The highest BCUT2D eigenvalue weighted by Crippen LogP contribution is 2.33. The molecule has 1 aromatic carbocycles. The summed E-state index contributed by atoms with van der Waals surface area (Å²) in [5, 5.41) is 13.8. The number of carbonyl (C=O) groups is 2. The van der Waals surface area contributed by atoms with Crippen LogP contribution >= 0.6 is 10.5 Å². The lowest BCUT2D eigenvalue weighted by Crippen LogP contribution is -2.31. The summed E-state index contributed by atoms with van der Waals surface area (Å²) in [6.07, 6.45) is 4.09. The molecule has 0 radical (unpaired) electrons. The van der Waals surface area contributed by atoms with Gasteiger partial charge in [-0.1, -0.05) is 30.3 Å². The topological polar surface area (TPSA) is 91.9 Å². The molecule has 0 bridgehead atoms. The second-order valence-corrected chi connectivity index (χ2v) is 10.0. The van der Waals surface area contributed by atoms with E-state index in [-0.39, 0.29) is 22.2 Å². The summed E-state index contributed by atoms with van der Waals surface area (Å²) in [5.74, 6) is 1.39. The third kappa shape index (κ3) is 4.08. The average molecular weight is 424 g/mol. The molecule has 7 nitrogen and oxygen atoms in total. The van der Waals surface area contributed by atoms with Gasteiger partial charge >= 0.3 is 0 Å². The molecule has 2 aromatic rings. The number of hydrogen-bond acceptors (Lipinski definition) is 5. The third-order valence-corrected chi connectivity index (χ3v) is 8.38. The Bertz CT molecular complexity index is 1020. The van der Waals surface area contributed by atoms with Crippen molar-refractivity contribution in [2.45, 2.75) is 25.8 Å². The van der Waals surface area contributed by atoms with Gasteiger partial charge in [0.25, 0.3) is 0 Å². The maximum Gasteiger partial charge on any atom is 0.227 e. The zero-order valence-corrected chi connectivity index (χ0v) is 17.8. The summed E-state index contributed by atoms with van der Waals surface area (Å²) in [6, 6.07) is 12.0. The fourth-order valence-corrected chi connectivity index (χ4v) is 6.57. The molecule has 30 heavy (non-hydrogen) atoms. The number of carbonyl (C=O) groups excluding carboxylic acids is 2. The van der Waals surface area contributed by atoms with Gasteiger partial charge in [0.1, 0.15) is 23.1 Å². The van der Waals surface area contributed by atoms with Gasteiger partial charge < -0.3 is 4.90 Å². The Morgan fingerprint density at radius 2 is 2.00 bits per heavy atom. The largest absolute Gasteiger partial charge is 0.334 e. The van der Waals surface area contributed by atoms with E-state index in [1.807, 2.05) is 30.3 Å². The number of rotatable bonds is 6. The molecule has 4 rings (SSSR count). The fourth-order valence-electron chi connectivity index (χ4n) is 4.29. The van der Waals surface area contributed by atoms with E-state index in [1.54, 1.807) is 16.6 Å². The number of hydrogen-bond donors (Lipinski definition) is 0. The number of likely N-dealkylation sites (tertiary alicyclic amines) is 1. The Morgan fingerprint density at radius 3 is 2.63 bits per heavy atom. The van der Waals surface area contributed by atoms with Crippen molar-refractivity contribution in [1.82, 2.24) is 19.7 Å². The molecule has 3 heterocycles. The number of ketones is 1. The standard InChI is InChI=1S/C22H25N5O2S/c1-26-20(24-15-25-26)14-27-13-18(21(28)19(12-23)30-9-5-6-10-30)17(22(27)29)11-16-7-3-2-4-8-16/h2-4,7-8,15,17-18H,5-6,9-11,13-14H2,1H3/t17-,18+/m1/s1. The predicted molar refractivity (Wildman–Crippen MR) is 116 cm³/mol. The van der Waals surface area contributed by atoms with E-state index < -0.39 is 11.8 Å². The van der Waals surface area contributed by atoms with Crippen molar-refractivity contribution in [2.24, 2.45) is 18.9 Å². The molecule has 156 valence electrons. The SMILES string of the molecule is Cn1ncnc1CN1C[C@H](C(=O)C(C#N)=S2CCCC2)[C@@H](Cc2ccccc2)C1=O. The lowest BCUT2D eigenvalue weighted by molar-refractivity contribution is -0.132. The van der Waals surface area contributed by atoms with E-state index in [1.165, 1.54) is 6.33 Å². The lowest BCUT2D eigenvalue weighted by atomic mass is 9.85. The van der Waals surface area contributed by atoms with Crippen molar-refractivity contribution >= 4 is 27.0 Å². The van der Waals surface area contributed by atoms with Crippen LogP contribution < -0.4 is 0 Å². The Morgan fingerprint density at radius 1 is 1.27 bits per heavy atom. The summed E-state index contributed by atoms with van der Waals surface area (Å²) in [4.78, 5) is 33.1. The number of Topliss-reactive ketones (excluding diaryl/α,β-unsaturated/α-hetero) is 1. The molecule has 2 atom stereocenters. The molecular weight excluding hydrogens is 398 g/mol. The smallest absolute Gasteiger partial charge is 0.227 e. The van der Waals surface area contributed by atoms with Crippen molar-refractivity contribution in [3.63, 3.8) is 0 Å². The van der Waals surface area contributed by atoms with E-state index in [4.69, 9.17) is 0 Å². The van der Waals surface area contributed by atoms with Crippen molar-refractivity contribution < 1.29 is 9.59 Å². The Kier molecular flexibility index (Phi) is 6.09. The third-order valence-electron chi connectivity index (χ3n) is 5.95. The summed E-state index contributed by atoms with van der Waals surface area (Å²) in [6.45, 7) is 0.641. The van der Waals surface area contributed by atoms with E-state index in [0.29, 0.717) is 30.2 Å². The van der Waals surface area contributed by atoms with E-state index >= 15 is 0 Å². The van der Waals surface area contributed by atoms with Gasteiger partial charge in [-0.3, -0.25) is 14.3 Å². The van der Waals surface area contributed by atoms with Gasteiger partial charge in [-0.25, -0.2) is 4.98 Å². The molecule has 1 amide bonds. The molecule has 8 heteroatoms. The minimum absolute atomic E-state index is 0.0488. The molecule has 2 fully saturated rings. The van der Waals surface area contributed by atoms with Crippen molar-refractivity contribution in [3.8, 4) is 6.07 Å². The lowest BCUT2D eigenvalue weighted by Gasteiger charge is -2.16. The minimum atomic E-state index is -0.492. The number of benzene rings is 1. The van der Waals surface area contributed by atoms with Crippen LogP contribution in [0.25, 0.3) is 0 Å². The number of aromatic nitrogens is 3. The quantitative estimate of drug-likeness (QED) is 0.663. The second-order valence-electron chi connectivity index (χ2n) is 7.83. The Hall–Kier alpha value is -2.79. The zero-order valence-electron chi connectivity index (χ0n) is 17.0. The van der Waals surface area contributed by atoms with Crippen LogP contribution in [0.15, 0.2) is 36.7 Å². The number of amides is 1. The average Bonchev–Trinajstić information content (AvgIpc) is 3.48. The maximum atomic E-state index is 13.5. The molecule has 0 N–H and O–H groups in total. The van der Waals surface area contributed by atoms with Crippen LogP contribution in [0.2, 0.25) is 0 Å². The highest BCUT2D eigenvalue weighted by atomic mass is 32.2. The fraction of sp³-hybridized carbons (Fsp3) is 0.455. The van der Waals surface area contributed by atoms with E-state index in [2.05, 4.69) is 16.2 Å². The molecular formula is C22H25N5O2S. The van der Waals surface area contributed by atoms with Crippen LogP contribution in [0, 0.1) is 23.2 Å². The summed E-state index contributed by atoms with van der Waals surface area (Å²) < 4.78 is 1.64. The van der Waals surface area contributed by atoms with Crippen molar-refractivity contribution in [2.75, 3.05) is 18.1 Å². The van der Waals surface area contributed by atoms with Gasteiger partial charge in [-0.2, -0.15) is 20.8 Å². The molecule has 2 aliphatic rings. The first-order valence-electron chi connectivity index (χ1n) is 10.2. The van der Waals surface area contributed by atoms with Crippen LogP contribution in [0.1, 0.15) is 24.2 Å². The minimum Gasteiger partial charge on any atom is -0.334 e. The van der Waals surface area contributed by atoms with Gasteiger partial charge in [0.2, 0.25) is 5.91 Å². The van der Waals surface area contributed by atoms with Gasteiger partial charge in [0, 0.05) is 13.6 Å². The second kappa shape index (κ2) is 8.92. The van der Waals surface area contributed by atoms with Crippen LogP contribution in [-0.2, 0) is 29.6 Å².